The second kappa shape index (κ2) is 7.94. The van der Waals surface area contributed by atoms with Gasteiger partial charge in [-0.2, -0.15) is 19.6 Å². The minimum atomic E-state index is -0.727. The minimum Gasteiger partial charge on any atom is -0.468 e. The van der Waals surface area contributed by atoms with E-state index >= 15 is 0 Å². The predicted molar refractivity (Wildman–Crippen MR) is 105 cm³/mol. The van der Waals surface area contributed by atoms with Crippen LogP contribution < -0.4 is 4.74 Å². The van der Waals surface area contributed by atoms with Crippen molar-refractivity contribution in [2.75, 3.05) is 13.1 Å². The highest BCUT2D eigenvalue weighted by Crippen LogP contribution is 2.31. The summed E-state index contributed by atoms with van der Waals surface area (Å²) in [4.78, 5) is 22.3. The Morgan fingerprint density at radius 2 is 1.94 bits per heavy atom. The molecule has 2 aromatic heterocycles. The number of hydrogen-bond donors (Lipinski definition) is 1. The van der Waals surface area contributed by atoms with Crippen LogP contribution >= 0.6 is 0 Å². The van der Waals surface area contributed by atoms with Crippen molar-refractivity contribution < 1.29 is 22.7 Å². The number of hydrazone groups is 1. The molecule has 1 saturated heterocycles. The lowest BCUT2D eigenvalue weighted by atomic mass is 10.0. The van der Waals surface area contributed by atoms with Crippen LogP contribution in [-0.4, -0.2) is 61.5 Å². The van der Waals surface area contributed by atoms with Crippen LogP contribution in [0.4, 0.5) is 18.0 Å². The van der Waals surface area contributed by atoms with Gasteiger partial charge in [0, 0.05) is 24.9 Å². The van der Waals surface area contributed by atoms with E-state index in [-0.39, 0.29) is 24.8 Å². The summed E-state index contributed by atoms with van der Waals surface area (Å²) in [6.07, 6.45) is 3.90. The molecule has 1 fully saturated rings. The number of carbonyl (C=O) groups excluding carboxylic acids is 1. The van der Waals surface area contributed by atoms with Crippen LogP contribution in [0.15, 0.2) is 41.8 Å². The van der Waals surface area contributed by atoms with Gasteiger partial charge in [-0.25, -0.2) is 23.6 Å². The number of ether oxygens (including phenoxy) is 1. The zero-order chi connectivity index (χ0) is 22.2. The number of nitrogens with zero attached hydrogens (tertiary/aromatic N) is 6. The lowest BCUT2D eigenvalue weighted by Crippen LogP contribution is -2.59. The first-order valence-corrected chi connectivity index (χ1v) is 9.73. The van der Waals surface area contributed by atoms with Crippen molar-refractivity contribution in [3.05, 3.63) is 59.7 Å². The molecule has 0 spiro atoms. The smallest absolute Gasteiger partial charge is 0.341 e. The van der Waals surface area contributed by atoms with Gasteiger partial charge in [0.2, 0.25) is 5.82 Å². The molecule has 1 atom stereocenters. The van der Waals surface area contributed by atoms with Crippen molar-refractivity contribution >= 4 is 12.2 Å². The molecule has 32 heavy (non-hydrogen) atoms. The van der Waals surface area contributed by atoms with E-state index in [9.17, 15) is 18.0 Å². The molecule has 12 heteroatoms. The first kappa shape index (κ1) is 20.0. The molecule has 0 aliphatic carbocycles. The van der Waals surface area contributed by atoms with E-state index < -0.39 is 35.6 Å². The number of carbonyl (C=O) groups is 1. The highest BCUT2D eigenvalue weighted by Gasteiger charge is 2.39. The lowest BCUT2D eigenvalue weighted by Gasteiger charge is -2.40. The Labute approximate surface area is 179 Å². The number of amides is 2. The first-order valence-electron chi connectivity index (χ1n) is 9.73. The van der Waals surface area contributed by atoms with E-state index in [4.69, 9.17) is 4.74 Å². The number of H-pyrrole nitrogens is 1. The molecule has 4 heterocycles. The van der Waals surface area contributed by atoms with Crippen molar-refractivity contribution in [2.24, 2.45) is 5.10 Å². The Morgan fingerprint density at radius 1 is 1.16 bits per heavy atom. The van der Waals surface area contributed by atoms with Crippen LogP contribution in [0.3, 0.4) is 0 Å². The van der Waals surface area contributed by atoms with Crippen LogP contribution in [0, 0.1) is 17.5 Å². The van der Waals surface area contributed by atoms with Gasteiger partial charge in [0.1, 0.15) is 23.4 Å². The number of halogens is 3. The van der Waals surface area contributed by atoms with E-state index in [1.54, 1.807) is 6.07 Å². The molecule has 1 aromatic carbocycles. The Kier molecular flexibility index (Phi) is 4.96. The van der Waals surface area contributed by atoms with Gasteiger partial charge in [-0.05, 0) is 23.8 Å². The second-order valence-corrected chi connectivity index (χ2v) is 7.34. The number of benzene rings is 1. The molecule has 2 aliphatic heterocycles. The summed E-state index contributed by atoms with van der Waals surface area (Å²) in [5.41, 5.74) is 0.822. The summed E-state index contributed by atoms with van der Waals surface area (Å²) in [5.74, 6) is -2.18. The zero-order valence-corrected chi connectivity index (χ0v) is 16.5. The Balaban J connectivity index is 1.23. The van der Waals surface area contributed by atoms with Gasteiger partial charge in [-0.1, -0.05) is 0 Å². The van der Waals surface area contributed by atoms with E-state index in [1.807, 2.05) is 0 Å². The summed E-state index contributed by atoms with van der Waals surface area (Å²) in [7, 11) is 0. The third-order valence-corrected chi connectivity index (χ3v) is 5.15. The van der Waals surface area contributed by atoms with Crippen LogP contribution in [0.5, 0.6) is 5.88 Å². The van der Waals surface area contributed by atoms with Gasteiger partial charge in [0.25, 0.3) is 5.88 Å². The molecular weight excluding hydrogens is 427 g/mol. The molecule has 3 aromatic rings. The molecule has 1 N–H and O–H groups in total. The van der Waals surface area contributed by atoms with Gasteiger partial charge >= 0.3 is 6.03 Å². The van der Waals surface area contributed by atoms with Crippen molar-refractivity contribution in [3.63, 3.8) is 0 Å². The molecule has 0 bridgehead atoms. The Bertz CT molecular complexity index is 1160. The van der Waals surface area contributed by atoms with Gasteiger partial charge in [-0.3, -0.25) is 5.10 Å². The number of rotatable bonds is 4. The summed E-state index contributed by atoms with van der Waals surface area (Å²) in [6, 6.07) is 3.73. The Morgan fingerprint density at radius 3 is 2.66 bits per heavy atom. The fourth-order valence-electron chi connectivity index (χ4n) is 3.56. The topological polar surface area (TPSA) is 99.6 Å². The quantitative estimate of drug-likeness (QED) is 0.669. The molecule has 164 valence electrons. The van der Waals surface area contributed by atoms with Gasteiger partial charge in [0.05, 0.1) is 25.3 Å². The number of likely N-dealkylation sites (tertiary alicyclic amines) is 1. The van der Waals surface area contributed by atoms with Crippen LogP contribution in [0.25, 0.3) is 11.5 Å². The van der Waals surface area contributed by atoms with Crippen LogP contribution in [-0.2, 0) is 0 Å². The van der Waals surface area contributed by atoms with Crippen molar-refractivity contribution in [1.29, 1.82) is 0 Å². The lowest BCUT2D eigenvalue weighted by molar-refractivity contribution is 0.0230. The highest BCUT2D eigenvalue weighted by molar-refractivity contribution is 5.79. The van der Waals surface area contributed by atoms with Crippen molar-refractivity contribution in [2.45, 2.75) is 18.6 Å². The molecule has 1 unspecified atom stereocenters. The van der Waals surface area contributed by atoms with Gasteiger partial charge in [0.15, 0.2) is 5.82 Å². The third-order valence-electron chi connectivity index (χ3n) is 5.15. The Hall–Kier alpha value is -3.96. The maximum atomic E-state index is 14.1. The number of aromatic nitrogens is 4. The molecule has 2 amide bonds. The molecule has 2 aliphatic rings. The number of urea groups is 1. The van der Waals surface area contributed by atoms with Crippen molar-refractivity contribution in [1.82, 2.24) is 30.1 Å². The number of nitrogens with one attached hydrogen (secondary N) is 1. The third kappa shape index (κ3) is 3.74. The monoisotopic (exact) mass is 443 g/mol. The van der Waals surface area contributed by atoms with Gasteiger partial charge < -0.3 is 9.64 Å². The van der Waals surface area contributed by atoms with Crippen LogP contribution in [0.2, 0.25) is 0 Å². The average molecular weight is 443 g/mol. The number of aromatic amines is 1. The van der Waals surface area contributed by atoms with E-state index in [1.165, 1.54) is 34.5 Å². The summed E-state index contributed by atoms with van der Waals surface area (Å²) < 4.78 is 46.9. The molecule has 5 rings (SSSR count). The normalized spacial score (nSPS) is 18.2. The highest BCUT2D eigenvalue weighted by atomic mass is 19.1. The van der Waals surface area contributed by atoms with E-state index in [2.05, 4.69) is 25.3 Å². The summed E-state index contributed by atoms with van der Waals surface area (Å²) >= 11 is 0. The van der Waals surface area contributed by atoms with Crippen molar-refractivity contribution in [3.8, 4) is 17.4 Å². The molecular formula is C20H16F3N7O2. The molecule has 0 saturated carbocycles. The SMILES string of the molecule is O=C(N1CC(Oc2nc(-c3ccn[nH]3)ncc2F)C1)N1N=CCC1c1cc(F)cc(F)c1. The van der Waals surface area contributed by atoms with Crippen LogP contribution in [0.1, 0.15) is 18.0 Å². The summed E-state index contributed by atoms with van der Waals surface area (Å²) in [5, 5.41) is 11.7. The number of hydrogen-bond acceptors (Lipinski definition) is 6. The van der Waals surface area contributed by atoms with E-state index in [0.29, 0.717) is 17.7 Å². The minimum absolute atomic E-state index is 0.178. The maximum absolute atomic E-state index is 14.1. The standard InChI is InChI=1S/C20H16F3N7O2/c21-12-5-11(6-13(22)7-12)17-2-4-26-30(17)20(31)29-9-14(10-29)32-19-15(23)8-24-18(27-19)16-1-3-25-28-16/h1,3-8,14,17H,2,9-10H2,(H,25,28). The fourth-order valence-corrected chi connectivity index (χ4v) is 3.56. The fraction of sp³-hybridized carbons (Fsp3) is 0.250. The molecule has 9 nitrogen and oxygen atoms in total. The maximum Gasteiger partial charge on any atom is 0.341 e. The summed E-state index contributed by atoms with van der Waals surface area (Å²) in [6.45, 7) is 0.357. The predicted octanol–water partition coefficient (Wildman–Crippen LogP) is 2.90. The molecule has 0 radical (unpaired) electrons. The second-order valence-electron chi connectivity index (χ2n) is 7.34. The zero-order valence-electron chi connectivity index (χ0n) is 16.5. The average Bonchev–Trinajstić information content (AvgIpc) is 3.42. The van der Waals surface area contributed by atoms with Gasteiger partial charge in [-0.15, -0.1) is 0 Å². The first-order chi connectivity index (χ1) is 15.5. The largest absolute Gasteiger partial charge is 0.468 e. The van der Waals surface area contributed by atoms with E-state index in [0.717, 1.165) is 12.3 Å².